The van der Waals surface area contributed by atoms with Crippen LogP contribution in [0, 0.1) is 17.8 Å². The van der Waals surface area contributed by atoms with Gasteiger partial charge in [-0.3, -0.25) is 0 Å². The molecule has 7 heteroatoms. The zero-order chi connectivity index (χ0) is 25.0. The molecule has 2 N–H and O–H groups in total. The maximum absolute atomic E-state index is 11.2. The second kappa shape index (κ2) is 8.68. The Morgan fingerprint density at radius 2 is 1.62 bits per heavy atom. The Bertz CT molecular complexity index is 1320. The van der Waals surface area contributed by atoms with E-state index < -0.39 is 12.3 Å². The highest BCUT2D eigenvalue weighted by Gasteiger charge is 2.52. The molecule has 1 aliphatic heterocycles. The lowest BCUT2D eigenvalue weighted by Crippen LogP contribution is -2.48. The maximum Gasteiger partial charge on any atom is 0.335 e. The molecule has 0 saturated heterocycles. The van der Waals surface area contributed by atoms with Crippen LogP contribution in [-0.4, -0.2) is 33.9 Å². The molecule has 1 aromatic heterocycles. The van der Waals surface area contributed by atoms with Gasteiger partial charge in [-0.05, 0) is 92.0 Å². The molecule has 2 heterocycles. The van der Waals surface area contributed by atoms with Crippen molar-refractivity contribution in [3.63, 3.8) is 0 Å². The zero-order valence-electron chi connectivity index (χ0n) is 20.6. The van der Waals surface area contributed by atoms with Gasteiger partial charge in [0.25, 0.3) is 6.29 Å². The van der Waals surface area contributed by atoms with Crippen LogP contribution in [-0.2, 0) is 14.9 Å². The van der Waals surface area contributed by atoms with Crippen molar-refractivity contribution in [3.05, 3.63) is 72.3 Å². The Balaban J connectivity index is 1.22. The molecule has 3 aromatic rings. The first-order valence-corrected chi connectivity index (χ1v) is 13.2. The van der Waals surface area contributed by atoms with Crippen molar-refractivity contribution in [2.24, 2.45) is 17.8 Å². The fourth-order valence-corrected chi connectivity index (χ4v) is 7.57. The summed E-state index contributed by atoms with van der Waals surface area (Å²) in [5.74, 6) is 3.16. The Labute approximate surface area is 215 Å². The number of rotatable bonds is 7. The third-order valence-corrected chi connectivity index (χ3v) is 8.77. The van der Waals surface area contributed by atoms with Gasteiger partial charge in [0.2, 0.25) is 0 Å². The van der Waals surface area contributed by atoms with E-state index in [1.165, 1.54) is 44.1 Å². The van der Waals surface area contributed by atoms with E-state index in [-0.39, 0.29) is 11.0 Å². The molecule has 4 aliphatic carbocycles. The summed E-state index contributed by atoms with van der Waals surface area (Å²) in [7, 11) is 0. The van der Waals surface area contributed by atoms with Gasteiger partial charge in [0.1, 0.15) is 24.1 Å². The van der Waals surface area contributed by atoms with Gasteiger partial charge in [-0.25, -0.2) is 9.78 Å². The topological polar surface area (TPSA) is 93.7 Å². The molecular weight excluding hydrogens is 468 g/mol. The van der Waals surface area contributed by atoms with E-state index in [9.17, 15) is 9.90 Å². The molecule has 190 valence electrons. The molecule has 8 rings (SSSR count). The molecule has 0 radical (unpaired) electrons. The fraction of sp³-hybridized carbons (Fsp3) is 0.400. The van der Waals surface area contributed by atoms with Gasteiger partial charge in [0.05, 0.1) is 17.5 Å². The average Bonchev–Trinajstić information content (AvgIpc) is 3.59. The molecule has 4 bridgehead atoms. The van der Waals surface area contributed by atoms with Crippen LogP contribution in [0.15, 0.2) is 61.2 Å². The minimum Gasteiger partial charge on any atom is -0.485 e. The number of nitrogens with one attached hydrogen (secondary N) is 1. The highest BCUT2D eigenvalue weighted by Crippen LogP contribution is 2.62. The molecule has 0 unspecified atom stereocenters. The SMILES string of the molecule is O=C(O)c1ccc(-c2ncc(-c3ccc(OCC4OC=CO4)c(C45CC6CC(CC(C6)C4)C5)c3)[nH]2)cc1. The number of carboxylic acids is 1. The molecule has 5 aliphatic rings. The number of imidazole rings is 1. The molecular formula is C30H30N2O5. The van der Waals surface area contributed by atoms with E-state index in [0.717, 1.165) is 40.3 Å². The van der Waals surface area contributed by atoms with Gasteiger partial charge in [-0.15, -0.1) is 0 Å². The number of carbonyl (C=O) groups is 1. The largest absolute Gasteiger partial charge is 0.485 e. The molecule has 7 nitrogen and oxygen atoms in total. The van der Waals surface area contributed by atoms with Crippen molar-refractivity contribution in [1.29, 1.82) is 0 Å². The lowest BCUT2D eigenvalue weighted by molar-refractivity contribution is -0.0534. The minimum absolute atomic E-state index is 0.158. The highest BCUT2D eigenvalue weighted by molar-refractivity contribution is 5.88. The van der Waals surface area contributed by atoms with Crippen molar-refractivity contribution in [1.82, 2.24) is 9.97 Å². The average molecular weight is 499 g/mol. The Kier molecular flexibility index (Phi) is 5.27. The molecule has 37 heavy (non-hydrogen) atoms. The number of H-pyrrole nitrogens is 1. The number of aromatic amines is 1. The predicted octanol–water partition coefficient (Wildman–Crippen LogP) is 6.13. The summed E-state index contributed by atoms with van der Waals surface area (Å²) < 4.78 is 17.2. The fourth-order valence-electron chi connectivity index (χ4n) is 7.57. The number of hydrogen-bond acceptors (Lipinski definition) is 5. The Hall–Kier alpha value is -3.74. The first-order valence-electron chi connectivity index (χ1n) is 13.2. The van der Waals surface area contributed by atoms with Crippen molar-refractivity contribution >= 4 is 5.97 Å². The number of hydrogen-bond donors (Lipinski definition) is 2. The first-order chi connectivity index (χ1) is 18.0. The predicted molar refractivity (Wildman–Crippen MR) is 137 cm³/mol. The monoisotopic (exact) mass is 498 g/mol. The van der Waals surface area contributed by atoms with E-state index in [1.807, 2.05) is 6.20 Å². The van der Waals surface area contributed by atoms with Crippen LogP contribution in [0.1, 0.15) is 54.4 Å². The van der Waals surface area contributed by atoms with E-state index >= 15 is 0 Å². The number of carboxylic acid groups (broad SMARTS) is 1. The standard InChI is InChI=1S/C30H30N2O5/c33-29(34)22-3-1-21(2-4-22)28-31-16-25(32-28)23-5-6-26(37-17-27-35-7-8-36-27)24(12-23)30-13-18-9-19(14-30)11-20(10-18)15-30/h1-8,12,16,18-20,27H,9-11,13-15,17H2,(H,31,32)(H,33,34). The number of benzene rings is 2. The highest BCUT2D eigenvalue weighted by atomic mass is 16.7. The van der Waals surface area contributed by atoms with Gasteiger partial charge < -0.3 is 24.3 Å². The summed E-state index contributed by atoms with van der Waals surface area (Å²) in [6.07, 6.45) is 12.4. The van der Waals surface area contributed by atoms with Gasteiger partial charge in [-0.2, -0.15) is 0 Å². The van der Waals surface area contributed by atoms with Crippen LogP contribution in [0.5, 0.6) is 5.75 Å². The van der Waals surface area contributed by atoms with E-state index in [0.29, 0.717) is 12.4 Å². The second-order valence-corrected chi connectivity index (χ2v) is 11.2. The van der Waals surface area contributed by atoms with Gasteiger partial charge in [-0.1, -0.05) is 12.1 Å². The zero-order valence-corrected chi connectivity index (χ0v) is 20.6. The molecule has 0 amide bonds. The van der Waals surface area contributed by atoms with Crippen molar-refractivity contribution in [2.45, 2.75) is 50.2 Å². The second-order valence-electron chi connectivity index (χ2n) is 11.2. The van der Waals surface area contributed by atoms with Crippen molar-refractivity contribution in [3.8, 4) is 28.4 Å². The summed E-state index contributed by atoms with van der Waals surface area (Å²) in [5.41, 5.74) is 4.58. The van der Waals surface area contributed by atoms with Crippen LogP contribution in [0.25, 0.3) is 22.6 Å². The third kappa shape index (κ3) is 4.06. The van der Waals surface area contributed by atoms with E-state index in [4.69, 9.17) is 14.2 Å². The first kappa shape index (κ1) is 22.5. The summed E-state index contributed by atoms with van der Waals surface area (Å²) in [4.78, 5) is 19.2. The summed E-state index contributed by atoms with van der Waals surface area (Å²) >= 11 is 0. The van der Waals surface area contributed by atoms with E-state index in [2.05, 4.69) is 28.2 Å². The Morgan fingerprint density at radius 1 is 0.973 bits per heavy atom. The third-order valence-electron chi connectivity index (χ3n) is 8.77. The quantitative estimate of drug-likeness (QED) is 0.407. The lowest BCUT2D eigenvalue weighted by atomic mass is 9.48. The van der Waals surface area contributed by atoms with Gasteiger partial charge >= 0.3 is 5.97 Å². The molecule has 0 atom stereocenters. The van der Waals surface area contributed by atoms with Crippen LogP contribution < -0.4 is 4.74 Å². The lowest BCUT2D eigenvalue weighted by Gasteiger charge is -2.57. The summed E-state index contributed by atoms with van der Waals surface area (Å²) in [6, 6.07) is 13.3. The Morgan fingerprint density at radius 3 is 2.27 bits per heavy atom. The van der Waals surface area contributed by atoms with Crippen LogP contribution >= 0.6 is 0 Å². The summed E-state index contributed by atoms with van der Waals surface area (Å²) in [6.45, 7) is 0.340. The molecule has 4 saturated carbocycles. The van der Waals surface area contributed by atoms with Crippen LogP contribution in [0.3, 0.4) is 0 Å². The number of ether oxygens (including phenoxy) is 3. The van der Waals surface area contributed by atoms with Crippen LogP contribution in [0.4, 0.5) is 0 Å². The molecule has 0 spiro atoms. The normalized spacial score (nSPS) is 27.7. The smallest absolute Gasteiger partial charge is 0.335 e. The maximum atomic E-state index is 11.2. The number of aromatic nitrogens is 2. The van der Waals surface area contributed by atoms with Crippen molar-refractivity contribution < 1.29 is 24.1 Å². The van der Waals surface area contributed by atoms with Crippen molar-refractivity contribution in [2.75, 3.05) is 6.61 Å². The van der Waals surface area contributed by atoms with Gasteiger partial charge in [0.15, 0.2) is 6.61 Å². The molecule has 4 fully saturated rings. The number of aromatic carboxylic acids is 1. The van der Waals surface area contributed by atoms with E-state index in [1.54, 1.807) is 36.8 Å². The van der Waals surface area contributed by atoms with Gasteiger partial charge in [0, 0.05) is 16.7 Å². The molecule has 2 aromatic carbocycles. The summed E-state index contributed by atoms with van der Waals surface area (Å²) in [5, 5.41) is 9.18. The minimum atomic E-state index is -0.937. The van der Waals surface area contributed by atoms with Crippen LogP contribution in [0.2, 0.25) is 0 Å². The number of nitrogens with zero attached hydrogens (tertiary/aromatic N) is 1.